The predicted molar refractivity (Wildman–Crippen MR) is 62.3 cm³/mol. The van der Waals surface area contributed by atoms with Crippen LogP contribution in [0.4, 0.5) is 11.4 Å². The number of nitrogens with two attached hydrogens (primary N) is 1. The fraction of sp³-hybridized carbons (Fsp3) is 0.364. The number of nitrogens with zero attached hydrogens (tertiary/aromatic N) is 1. The predicted octanol–water partition coefficient (Wildman–Crippen LogP) is 0.920. The van der Waals surface area contributed by atoms with Crippen LogP contribution in [0, 0.1) is 10.1 Å². The van der Waals surface area contributed by atoms with Crippen LogP contribution in [0.1, 0.15) is 12.0 Å². The van der Waals surface area contributed by atoms with Gasteiger partial charge in [-0.15, -0.1) is 0 Å². The van der Waals surface area contributed by atoms with E-state index in [4.69, 9.17) is 10.5 Å². The molecule has 0 bridgehead atoms. The minimum absolute atomic E-state index is 0.0201. The average Bonchev–Trinajstić information content (AvgIpc) is 2.79. The van der Waals surface area contributed by atoms with Gasteiger partial charge in [-0.3, -0.25) is 14.9 Å². The number of carboxylic acids is 1. The van der Waals surface area contributed by atoms with Crippen LogP contribution in [-0.4, -0.2) is 29.2 Å². The number of hydrogen-bond donors (Lipinski definition) is 2. The van der Waals surface area contributed by atoms with Crippen molar-refractivity contribution in [1.29, 1.82) is 0 Å². The van der Waals surface area contributed by atoms with Crippen LogP contribution in [-0.2, 0) is 14.9 Å². The van der Waals surface area contributed by atoms with E-state index >= 15 is 0 Å². The van der Waals surface area contributed by atoms with Crippen molar-refractivity contribution in [2.75, 3.05) is 18.9 Å². The first-order valence-corrected chi connectivity index (χ1v) is 5.33. The highest BCUT2D eigenvalue weighted by molar-refractivity contribution is 5.86. The van der Waals surface area contributed by atoms with Crippen LogP contribution in [0.15, 0.2) is 18.2 Å². The summed E-state index contributed by atoms with van der Waals surface area (Å²) in [5, 5.41) is 20.2. The summed E-state index contributed by atoms with van der Waals surface area (Å²) in [5.41, 5.74) is 4.32. The van der Waals surface area contributed by atoms with E-state index in [1.54, 1.807) is 0 Å². The van der Waals surface area contributed by atoms with Gasteiger partial charge in [-0.25, -0.2) is 0 Å². The molecule has 1 heterocycles. The minimum atomic E-state index is -1.28. The molecule has 18 heavy (non-hydrogen) atoms. The third kappa shape index (κ3) is 1.68. The van der Waals surface area contributed by atoms with Crippen LogP contribution in [0.2, 0.25) is 0 Å². The molecular weight excluding hydrogens is 240 g/mol. The number of anilines is 1. The fourth-order valence-electron chi connectivity index (χ4n) is 2.19. The van der Waals surface area contributed by atoms with E-state index in [9.17, 15) is 20.0 Å². The first kappa shape index (κ1) is 12.3. The topological polar surface area (TPSA) is 116 Å². The Morgan fingerprint density at radius 1 is 1.56 bits per heavy atom. The minimum Gasteiger partial charge on any atom is -0.481 e. The van der Waals surface area contributed by atoms with E-state index in [1.807, 2.05) is 0 Å². The van der Waals surface area contributed by atoms with Crippen LogP contribution in [0.5, 0.6) is 0 Å². The molecule has 1 unspecified atom stereocenters. The monoisotopic (exact) mass is 252 g/mol. The molecular formula is C11H12N2O5. The summed E-state index contributed by atoms with van der Waals surface area (Å²) >= 11 is 0. The van der Waals surface area contributed by atoms with Gasteiger partial charge in [-0.1, -0.05) is 12.1 Å². The fourth-order valence-corrected chi connectivity index (χ4v) is 2.19. The highest BCUT2D eigenvalue weighted by Gasteiger charge is 2.46. The number of benzene rings is 1. The number of carboxylic acid groups (broad SMARTS) is 1. The van der Waals surface area contributed by atoms with Crippen molar-refractivity contribution >= 4 is 17.3 Å². The van der Waals surface area contributed by atoms with Crippen molar-refractivity contribution in [3.05, 3.63) is 33.9 Å². The summed E-state index contributed by atoms with van der Waals surface area (Å²) in [6.45, 7) is 0.280. The van der Waals surface area contributed by atoms with Crippen LogP contribution >= 0.6 is 0 Å². The normalized spacial score (nSPS) is 22.9. The van der Waals surface area contributed by atoms with Gasteiger partial charge in [0.25, 0.3) is 5.69 Å². The number of nitrogen functional groups attached to an aromatic ring is 1. The van der Waals surface area contributed by atoms with Crippen molar-refractivity contribution in [2.24, 2.45) is 0 Å². The van der Waals surface area contributed by atoms with Gasteiger partial charge in [0.1, 0.15) is 11.1 Å². The number of ether oxygens (including phenoxy) is 1. The molecule has 1 aliphatic heterocycles. The van der Waals surface area contributed by atoms with Gasteiger partial charge in [0.2, 0.25) is 0 Å². The molecule has 0 aromatic heterocycles. The maximum Gasteiger partial charge on any atom is 0.316 e. The van der Waals surface area contributed by atoms with E-state index in [1.165, 1.54) is 18.2 Å². The van der Waals surface area contributed by atoms with Crippen molar-refractivity contribution in [2.45, 2.75) is 11.8 Å². The lowest BCUT2D eigenvalue weighted by molar-refractivity contribution is -0.384. The van der Waals surface area contributed by atoms with Crippen molar-refractivity contribution in [1.82, 2.24) is 0 Å². The molecule has 1 fully saturated rings. The molecule has 1 aromatic rings. The van der Waals surface area contributed by atoms with Crippen molar-refractivity contribution in [3.63, 3.8) is 0 Å². The standard InChI is InChI=1S/C11H12N2O5/c12-9-7(2-1-3-8(9)13(16)17)11(10(14)15)4-5-18-6-11/h1-3H,4-6,12H2,(H,14,15). The molecule has 1 saturated heterocycles. The number of aliphatic carboxylic acids is 1. The van der Waals surface area contributed by atoms with Gasteiger partial charge < -0.3 is 15.6 Å². The highest BCUT2D eigenvalue weighted by Crippen LogP contribution is 2.39. The lowest BCUT2D eigenvalue weighted by Gasteiger charge is -2.23. The molecule has 0 aliphatic carbocycles. The first-order chi connectivity index (χ1) is 8.49. The Balaban J connectivity index is 2.59. The first-order valence-electron chi connectivity index (χ1n) is 5.33. The molecule has 96 valence electrons. The average molecular weight is 252 g/mol. The van der Waals surface area contributed by atoms with E-state index in [0.717, 1.165) is 0 Å². The number of carbonyl (C=O) groups is 1. The van der Waals surface area contributed by atoms with Crippen molar-refractivity contribution in [3.8, 4) is 0 Å². The molecule has 0 amide bonds. The van der Waals surface area contributed by atoms with Gasteiger partial charge in [0, 0.05) is 18.2 Å². The third-order valence-electron chi connectivity index (χ3n) is 3.23. The van der Waals surface area contributed by atoms with Gasteiger partial charge >= 0.3 is 5.97 Å². The molecule has 2 rings (SSSR count). The zero-order valence-corrected chi connectivity index (χ0v) is 9.46. The maximum atomic E-state index is 11.5. The van der Waals surface area contributed by atoms with E-state index < -0.39 is 16.3 Å². The molecule has 1 aliphatic rings. The smallest absolute Gasteiger partial charge is 0.316 e. The van der Waals surface area contributed by atoms with Crippen LogP contribution in [0.25, 0.3) is 0 Å². The zero-order chi connectivity index (χ0) is 13.3. The number of rotatable bonds is 3. The second-order valence-corrected chi connectivity index (χ2v) is 4.19. The van der Waals surface area contributed by atoms with Crippen LogP contribution < -0.4 is 5.73 Å². The Kier molecular flexibility index (Phi) is 2.92. The molecule has 1 aromatic carbocycles. The largest absolute Gasteiger partial charge is 0.481 e. The Labute approximate surface area is 102 Å². The summed E-state index contributed by atoms with van der Waals surface area (Å²) < 4.78 is 5.13. The molecule has 0 saturated carbocycles. The second-order valence-electron chi connectivity index (χ2n) is 4.19. The van der Waals surface area contributed by atoms with Gasteiger partial charge in [0.05, 0.1) is 11.5 Å². The Morgan fingerprint density at radius 2 is 2.28 bits per heavy atom. The summed E-state index contributed by atoms with van der Waals surface area (Å²) in [4.78, 5) is 21.6. The lowest BCUT2D eigenvalue weighted by Crippen LogP contribution is -2.37. The summed E-state index contributed by atoms with van der Waals surface area (Å²) in [6, 6.07) is 4.20. The Hall–Kier alpha value is -2.15. The quantitative estimate of drug-likeness (QED) is 0.469. The molecule has 0 spiro atoms. The summed E-state index contributed by atoms with van der Waals surface area (Å²) in [6.07, 6.45) is 0.258. The van der Waals surface area contributed by atoms with Crippen LogP contribution in [0.3, 0.4) is 0 Å². The highest BCUT2D eigenvalue weighted by atomic mass is 16.6. The van der Waals surface area contributed by atoms with Crippen molar-refractivity contribution < 1.29 is 19.6 Å². The molecule has 7 nitrogen and oxygen atoms in total. The third-order valence-corrected chi connectivity index (χ3v) is 3.23. The lowest BCUT2D eigenvalue weighted by atomic mass is 9.79. The summed E-state index contributed by atoms with van der Waals surface area (Å²) in [5.74, 6) is -1.08. The number of para-hydroxylation sites is 1. The van der Waals surface area contributed by atoms with E-state index in [2.05, 4.69) is 0 Å². The number of nitro benzene ring substituents is 1. The molecule has 3 N–H and O–H groups in total. The Morgan fingerprint density at radius 3 is 2.78 bits per heavy atom. The SMILES string of the molecule is Nc1c([N+](=O)[O-])cccc1C1(C(=O)O)CCOC1. The molecule has 7 heteroatoms. The number of nitro groups is 1. The van der Waals surface area contributed by atoms with Gasteiger partial charge in [-0.2, -0.15) is 0 Å². The van der Waals surface area contributed by atoms with Gasteiger partial charge in [-0.05, 0) is 6.42 Å². The zero-order valence-electron chi connectivity index (χ0n) is 9.46. The summed E-state index contributed by atoms with van der Waals surface area (Å²) in [7, 11) is 0. The number of hydrogen-bond acceptors (Lipinski definition) is 5. The van der Waals surface area contributed by atoms with E-state index in [-0.39, 0.29) is 30.0 Å². The molecule has 1 atom stereocenters. The Bertz CT molecular complexity index is 508. The van der Waals surface area contributed by atoms with Gasteiger partial charge in [0.15, 0.2) is 0 Å². The molecule has 0 radical (unpaired) electrons. The maximum absolute atomic E-state index is 11.5. The van der Waals surface area contributed by atoms with E-state index in [0.29, 0.717) is 6.61 Å². The second kappa shape index (κ2) is 4.26.